The van der Waals surface area contributed by atoms with E-state index in [1.54, 1.807) is 31.2 Å². The molecule has 0 aromatic heterocycles. The van der Waals surface area contributed by atoms with Crippen LogP contribution >= 0.6 is 0 Å². The maximum Gasteiger partial charge on any atom is 0.246 e. The molecule has 1 unspecified atom stereocenters. The quantitative estimate of drug-likeness (QED) is 0.627. The molecule has 0 radical (unpaired) electrons. The van der Waals surface area contributed by atoms with Crippen molar-refractivity contribution in [1.82, 2.24) is 4.31 Å². The summed E-state index contributed by atoms with van der Waals surface area (Å²) in [5, 5.41) is 8.11. The first-order valence-electron chi connectivity index (χ1n) is 10.1. The van der Waals surface area contributed by atoms with Crippen molar-refractivity contribution in [3.8, 4) is 0 Å². The molecule has 0 spiro atoms. The standard InChI is InChI=1S/C23H25N3O3S/c1-17(23(27)25-22-13-6-9-18-8-2-3-12-21(18)22)24-19-10-7-11-20(16-19)30(28,29)26-14-4-5-15-26/h2-3,6-13,16-17,24H,4-5,14-15H2,1H3,(H,25,27). The summed E-state index contributed by atoms with van der Waals surface area (Å²) in [6.45, 7) is 2.87. The highest BCUT2D eigenvalue weighted by molar-refractivity contribution is 7.89. The third-order valence-corrected chi connectivity index (χ3v) is 7.26. The number of rotatable bonds is 6. The Morgan fingerprint density at radius 3 is 2.47 bits per heavy atom. The van der Waals surface area contributed by atoms with Gasteiger partial charge in [0.25, 0.3) is 0 Å². The van der Waals surface area contributed by atoms with Crippen LogP contribution in [0.2, 0.25) is 0 Å². The normalized spacial score (nSPS) is 15.8. The van der Waals surface area contributed by atoms with E-state index in [4.69, 9.17) is 0 Å². The fraction of sp³-hybridized carbons (Fsp3) is 0.261. The number of anilines is 2. The van der Waals surface area contributed by atoms with Crippen molar-refractivity contribution in [2.24, 2.45) is 0 Å². The van der Waals surface area contributed by atoms with Crippen LogP contribution in [-0.2, 0) is 14.8 Å². The Hall–Kier alpha value is -2.90. The predicted octanol–water partition coefficient (Wildman–Crippen LogP) is 4.06. The number of fused-ring (bicyclic) bond motifs is 1. The number of nitrogens with one attached hydrogen (secondary N) is 2. The summed E-state index contributed by atoms with van der Waals surface area (Å²) in [5.74, 6) is -0.195. The molecule has 6 nitrogen and oxygen atoms in total. The molecule has 3 aromatic carbocycles. The molecule has 2 N–H and O–H groups in total. The van der Waals surface area contributed by atoms with Gasteiger partial charge in [-0.3, -0.25) is 4.79 Å². The minimum absolute atomic E-state index is 0.195. The Labute approximate surface area is 177 Å². The molecule has 1 heterocycles. The zero-order valence-corrected chi connectivity index (χ0v) is 17.7. The molecular weight excluding hydrogens is 398 g/mol. The Bertz CT molecular complexity index is 1170. The van der Waals surface area contributed by atoms with E-state index in [9.17, 15) is 13.2 Å². The molecule has 1 aliphatic heterocycles. The van der Waals surface area contributed by atoms with E-state index < -0.39 is 16.1 Å². The van der Waals surface area contributed by atoms with Crippen LogP contribution in [0.15, 0.2) is 71.6 Å². The fourth-order valence-electron chi connectivity index (χ4n) is 3.71. The van der Waals surface area contributed by atoms with Crippen molar-refractivity contribution >= 4 is 38.1 Å². The van der Waals surface area contributed by atoms with E-state index in [-0.39, 0.29) is 10.8 Å². The summed E-state index contributed by atoms with van der Waals surface area (Å²) in [5.41, 5.74) is 1.34. The van der Waals surface area contributed by atoms with Crippen LogP contribution in [0, 0.1) is 0 Å². The highest BCUT2D eigenvalue weighted by atomic mass is 32.2. The van der Waals surface area contributed by atoms with Crippen molar-refractivity contribution in [3.63, 3.8) is 0 Å². The molecule has 30 heavy (non-hydrogen) atoms. The molecule has 0 saturated carbocycles. The van der Waals surface area contributed by atoms with E-state index in [0.717, 1.165) is 29.3 Å². The second-order valence-corrected chi connectivity index (χ2v) is 9.46. The first kappa shape index (κ1) is 20.4. The number of nitrogens with zero attached hydrogens (tertiary/aromatic N) is 1. The molecule has 0 bridgehead atoms. The average molecular weight is 424 g/mol. The Kier molecular flexibility index (Phi) is 5.74. The van der Waals surface area contributed by atoms with Gasteiger partial charge in [-0.05, 0) is 49.4 Å². The van der Waals surface area contributed by atoms with Gasteiger partial charge in [0.15, 0.2) is 0 Å². The van der Waals surface area contributed by atoms with Crippen LogP contribution in [0.1, 0.15) is 19.8 Å². The van der Waals surface area contributed by atoms with E-state index in [0.29, 0.717) is 18.8 Å². The van der Waals surface area contributed by atoms with Crippen LogP contribution in [0.5, 0.6) is 0 Å². The Morgan fingerprint density at radius 1 is 0.967 bits per heavy atom. The highest BCUT2D eigenvalue weighted by Crippen LogP contribution is 2.25. The maximum atomic E-state index is 12.8. The molecule has 156 valence electrons. The van der Waals surface area contributed by atoms with Gasteiger partial charge in [0.05, 0.1) is 4.90 Å². The lowest BCUT2D eigenvalue weighted by atomic mass is 10.1. The molecular formula is C23H25N3O3S. The summed E-state index contributed by atoms with van der Waals surface area (Å²) < 4.78 is 27.1. The molecule has 1 saturated heterocycles. The van der Waals surface area contributed by atoms with Gasteiger partial charge in [0.1, 0.15) is 6.04 Å². The lowest BCUT2D eigenvalue weighted by molar-refractivity contribution is -0.116. The fourth-order valence-corrected chi connectivity index (χ4v) is 5.28. The lowest BCUT2D eigenvalue weighted by Gasteiger charge is -2.18. The minimum atomic E-state index is -3.50. The average Bonchev–Trinajstić information content (AvgIpc) is 3.30. The molecule has 0 aliphatic carbocycles. The number of benzene rings is 3. The van der Waals surface area contributed by atoms with Crippen molar-refractivity contribution in [2.45, 2.75) is 30.7 Å². The number of hydrogen-bond donors (Lipinski definition) is 2. The van der Waals surface area contributed by atoms with Crippen molar-refractivity contribution in [2.75, 3.05) is 23.7 Å². The van der Waals surface area contributed by atoms with Crippen molar-refractivity contribution in [3.05, 3.63) is 66.7 Å². The van der Waals surface area contributed by atoms with Gasteiger partial charge in [-0.25, -0.2) is 8.42 Å². The molecule has 1 aliphatic rings. The Balaban J connectivity index is 1.48. The van der Waals surface area contributed by atoms with Gasteiger partial charge < -0.3 is 10.6 Å². The SMILES string of the molecule is CC(Nc1cccc(S(=O)(=O)N2CCCC2)c1)C(=O)Nc1cccc2ccccc12. The third-order valence-electron chi connectivity index (χ3n) is 5.36. The predicted molar refractivity (Wildman–Crippen MR) is 120 cm³/mol. The van der Waals surface area contributed by atoms with E-state index in [1.165, 1.54) is 4.31 Å². The molecule has 4 rings (SSSR count). The monoisotopic (exact) mass is 423 g/mol. The molecule has 1 atom stereocenters. The van der Waals surface area contributed by atoms with Gasteiger partial charge in [0, 0.05) is 29.9 Å². The number of sulfonamides is 1. The summed E-state index contributed by atoms with van der Waals surface area (Å²) in [6.07, 6.45) is 1.78. The van der Waals surface area contributed by atoms with Crippen LogP contribution in [0.4, 0.5) is 11.4 Å². The first-order chi connectivity index (χ1) is 14.4. The number of carbonyl (C=O) groups is 1. The van der Waals surface area contributed by atoms with Gasteiger partial charge in [0.2, 0.25) is 15.9 Å². The Morgan fingerprint density at radius 2 is 1.67 bits per heavy atom. The molecule has 1 fully saturated rings. The van der Waals surface area contributed by atoms with Gasteiger partial charge in [-0.1, -0.05) is 42.5 Å². The topological polar surface area (TPSA) is 78.5 Å². The lowest BCUT2D eigenvalue weighted by Crippen LogP contribution is -2.32. The minimum Gasteiger partial charge on any atom is -0.374 e. The summed E-state index contributed by atoms with van der Waals surface area (Å²) in [7, 11) is -3.50. The van der Waals surface area contributed by atoms with Crippen LogP contribution in [0.3, 0.4) is 0 Å². The van der Waals surface area contributed by atoms with E-state index in [1.807, 2.05) is 42.5 Å². The number of hydrogen-bond acceptors (Lipinski definition) is 4. The smallest absolute Gasteiger partial charge is 0.246 e. The zero-order valence-electron chi connectivity index (χ0n) is 16.8. The number of carbonyl (C=O) groups excluding carboxylic acids is 1. The molecule has 1 amide bonds. The van der Waals surface area contributed by atoms with E-state index >= 15 is 0 Å². The first-order valence-corrected chi connectivity index (χ1v) is 11.5. The molecule has 3 aromatic rings. The second kappa shape index (κ2) is 8.45. The van der Waals surface area contributed by atoms with Gasteiger partial charge in [-0.2, -0.15) is 4.31 Å². The molecule has 7 heteroatoms. The number of amides is 1. The van der Waals surface area contributed by atoms with E-state index in [2.05, 4.69) is 10.6 Å². The van der Waals surface area contributed by atoms with Gasteiger partial charge in [-0.15, -0.1) is 0 Å². The van der Waals surface area contributed by atoms with Crippen molar-refractivity contribution < 1.29 is 13.2 Å². The summed E-state index contributed by atoms with van der Waals surface area (Å²) in [6, 6.07) is 19.7. The third kappa shape index (κ3) is 4.17. The van der Waals surface area contributed by atoms with Crippen molar-refractivity contribution in [1.29, 1.82) is 0 Å². The highest BCUT2D eigenvalue weighted by Gasteiger charge is 2.27. The zero-order chi connectivity index (χ0) is 21.1. The second-order valence-electron chi connectivity index (χ2n) is 7.52. The maximum absolute atomic E-state index is 12.8. The van der Waals surface area contributed by atoms with Crippen LogP contribution < -0.4 is 10.6 Å². The largest absolute Gasteiger partial charge is 0.374 e. The van der Waals surface area contributed by atoms with Crippen LogP contribution in [0.25, 0.3) is 10.8 Å². The summed E-state index contributed by atoms with van der Waals surface area (Å²) in [4.78, 5) is 13.0. The van der Waals surface area contributed by atoms with Gasteiger partial charge >= 0.3 is 0 Å². The summed E-state index contributed by atoms with van der Waals surface area (Å²) >= 11 is 0. The van der Waals surface area contributed by atoms with Crippen LogP contribution in [-0.4, -0.2) is 37.8 Å².